The van der Waals surface area contributed by atoms with Crippen LogP contribution in [0.5, 0.6) is 0 Å². The fourth-order valence-corrected chi connectivity index (χ4v) is 2.12. The van der Waals surface area contributed by atoms with Crippen LogP contribution in [-0.4, -0.2) is 21.1 Å². The van der Waals surface area contributed by atoms with E-state index < -0.39 is 0 Å². The lowest BCUT2D eigenvalue weighted by Gasteiger charge is -2.09. The lowest BCUT2D eigenvalue weighted by atomic mass is 10.2. The Morgan fingerprint density at radius 3 is 2.75 bits per heavy atom. The Balaban J connectivity index is 2.02. The number of imidazole rings is 1. The van der Waals surface area contributed by atoms with E-state index in [0.717, 1.165) is 37.6 Å². The Hall–Kier alpha value is -1.68. The molecular formula is C16H24N4. The summed E-state index contributed by atoms with van der Waals surface area (Å²) in [4.78, 5) is 8.93. The lowest BCUT2D eigenvalue weighted by Crippen LogP contribution is -2.19. The van der Waals surface area contributed by atoms with Crippen molar-refractivity contribution in [1.29, 1.82) is 0 Å². The monoisotopic (exact) mass is 272 g/mol. The second-order valence-corrected chi connectivity index (χ2v) is 5.51. The molecule has 0 amide bonds. The number of hydrogen-bond acceptors (Lipinski definition) is 3. The molecule has 2 aromatic rings. The fraction of sp³-hybridized carbons (Fsp3) is 0.500. The minimum Gasteiger partial charge on any atom is -0.312 e. The van der Waals surface area contributed by atoms with Crippen molar-refractivity contribution >= 4 is 0 Å². The minimum absolute atomic E-state index is 0.671. The van der Waals surface area contributed by atoms with Crippen molar-refractivity contribution in [3.63, 3.8) is 0 Å². The predicted molar refractivity (Wildman–Crippen MR) is 81.9 cm³/mol. The summed E-state index contributed by atoms with van der Waals surface area (Å²) >= 11 is 0. The molecule has 0 atom stereocenters. The quantitative estimate of drug-likeness (QED) is 0.842. The molecule has 0 aliphatic heterocycles. The van der Waals surface area contributed by atoms with Gasteiger partial charge in [0.15, 0.2) is 0 Å². The van der Waals surface area contributed by atoms with Gasteiger partial charge >= 0.3 is 0 Å². The van der Waals surface area contributed by atoms with Crippen molar-refractivity contribution in [2.75, 3.05) is 6.54 Å². The SMILES string of the molecule is CCCc1nccn1-c1ccc(CNCC(C)C)cn1. The molecule has 0 fully saturated rings. The molecule has 108 valence electrons. The highest BCUT2D eigenvalue weighted by Gasteiger charge is 2.05. The summed E-state index contributed by atoms with van der Waals surface area (Å²) in [6, 6.07) is 4.19. The van der Waals surface area contributed by atoms with Gasteiger partial charge in [-0.25, -0.2) is 9.97 Å². The van der Waals surface area contributed by atoms with Gasteiger partial charge in [0, 0.05) is 31.6 Å². The van der Waals surface area contributed by atoms with E-state index in [-0.39, 0.29) is 0 Å². The molecule has 0 spiro atoms. The smallest absolute Gasteiger partial charge is 0.137 e. The predicted octanol–water partition coefficient (Wildman–Crippen LogP) is 2.97. The normalized spacial score (nSPS) is 11.2. The average Bonchev–Trinajstić information content (AvgIpc) is 2.88. The van der Waals surface area contributed by atoms with E-state index in [1.165, 1.54) is 5.56 Å². The molecule has 0 aliphatic rings. The topological polar surface area (TPSA) is 42.7 Å². The maximum absolute atomic E-state index is 4.54. The first-order chi connectivity index (χ1) is 9.70. The molecule has 4 nitrogen and oxygen atoms in total. The molecule has 2 rings (SSSR count). The zero-order valence-electron chi connectivity index (χ0n) is 12.6. The van der Waals surface area contributed by atoms with Crippen LogP contribution in [0.15, 0.2) is 30.7 Å². The van der Waals surface area contributed by atoms with Crippen LogP contribution in [0, 0.1) is 5.92 Å². The van der Waals surface area contributed by atoms with Gasteiger partial charge in [-0.1, -0.05) is 26.8 Å². The Morgan fingerprint density at radius 2 is 2.10 bits per heavy atom. The molecule has 4 heteroatoms. The number of rotatable bonds is 7. The highest BCUT2D eigenvalue weighted by Crippen LogP contribution is 2.10. The molecule has 2 heterocycles. The van der Waals surface area contributed by atoms with Crippen LogP contribution in [0.1, 0.15) is 38.6 Å². The first kappa shape index (κ1) is 14.7. The average molecular weight is 272 g/mol. The maximum atomic E-state index is 4.54. The largest absolute Gasteiger partial charge is 0.312 e. The van der Waals surface area contributed by atoms with Crippen LogP contribution in [-0.2, 0) is 13.0 Å². The molecule has 20 heavy (non-hydrogen) atoms. The Bertz CT molecular complexity index is 514. The van der Waals surface area contributed by atoms with Gasteiger partial charge in [-0.3, -0.25) is 4.57 Å². The van der Waals surface area contributed by atoms with Crippen LogP contribution >= 0.6 is 0 Å². The first-order valence-electron chi connectivity index (χ1n) is 7.39. The minimum atomic E-state index is 0.671. The van der Waals surface area contributed by atoms with Gasteiger partial charge in [0.05, 0.1) is 0 Å². The summed E-state index contributed by atoms with van der Waals surface area (Å²) in [5.41, 5.74) is 1.21. The molecular weight excluding hydrogens is 248 g/mol. The Morgan fingerprint density at radius 1 is 1.25 bits per heavy atom. The van der Waals surface area contributed by atoms with E-state index in [9.17, 15) is 0 Å². The number of nitrogens with one attached hydrogen (secondary N) is 1. The summed E-state index contributed by atoms with van der Waals surface area (Å²) in [6.45, 7) is 8.49. The standard InChI is InChI=1S/C16H24N4/c1-4-5-15-18-8-9-20(15)16-7-6-14(12-19-16)11-17-10-13(2)3/h6-9,12-13,17H,4-5,10-11H2,1-3H3. The second kappa shape index (κ2) is 7.20. The van der Waals surface area contributed by atoms with Crippen molar-refractivity contribution in [2.45, 2.75) is 40.2 Å². The molecule has 0 aliphatic carbocycles. The third-order valence-corrected chi connectivity index (χ3v) is 3.13. The molecule has 0 saturated carbocycles. The second-order valence-electron chi connectivity index (χ2n) is 5.51. The van der Waals surface area contributed by atoms with E-state index in [2.05, 4.69) is 52.8 Å². The number of pyridine rings is 1. The van der Waals surface area contributed by atoms with Crippen LogP contribution in [0.4, 0.5) is 0 Å². The highest BCUT2D eigenvalue weighted by atomic mass is 15.1. The molecule has 0 saturated heterocycles. The molecule has 0 unspecified atom stereocenters. The number of aryl methyl sites for hydroxylation is 1. The summed E-state index contributed by atoms with van der Waals surface area (Å²) in [5, 5.41) is 3.43. The van der Waals surface area contributed by atoms with Gasteiger partial charge in [-0.15, -0.1) is 0 Å². The van der Waals surface area contributed by atoms with Gasteiger partial charge in [-0.05, 0) is 30.5 Å². The van der Waals surface area contributed by atoms with Crippen molar-refractivity contribution in [2.24, 2.45) is 5.92 Å². The van der Waals surface area contributed by atoms with Crippen molar-refractivity contribution in [3.8, 4) is 5.82 Å². The van der Waals surface area contributed by atoms with E-state index in [0.29, 0.717) is 5.92 Å². The van der Waals surface area contributed by atoms with Gasteiger partial charge in [0.1, 0.15) is 11.6 Å². The van der Waals surface area contributed by atoms with Gasteiger partial charge in [-0.2, -0.15) is 0 Å². The molecule has 1 N–H and O–H groups in total. The van der Waals surface area contributed by atoms with Crippen LogP contribution in [0.3, 0.4) is 0 Å². The summed E-state index contributed by atoms with van der Waals surface area (Å²) < 4.78 is 2.06. The number of nitrogens with zero attached hydrogens (tertiary/aromatic N) is 3. The number of hydrogen-bond donors (Lipinski definition) is 1. The molecule has 2 aromatic heterocycles. The van der Waals surface area contributed by atoms with E-state index in [1.54, 1.807) is 0 Å². The third kappa shape index (κ3) is 3.90. The first-order valence-corrected chi connectivity index (χ1v) is 7.39. The van der Waals surface area contributed by atoms with Gasteiger partial charge in [0.25, 0.3) is 0 Å². The van der Waals surface area contributed by atoms with E-state index >= 15 is 0 Å². The Labute approximate surface area is 121 Å². The van der Waals surface area contributed by atoms with E-state index in [4.69, 9.17) is 0 Å². The van der Waals surface area contributed by atoms with E-state index in [1.807, 2.05) is 18.6 Å². The van der Waals surface area contributed by atoms with Gasteiger partial charge < -0.3 is 5.32 Å². The maximum Gasteiger partial charge on any atom is 0.137 e. The highest BCUT2D eigenvalue weighted by molar-refractivity contribution is 5.27. The third-order valence-electron chi connectivity index (χ3n) is 3.13. The van der Waals surface area contributed by atoms with Crippen LogP contribution < -0.4 is 5.32 Å². The fourth-order valence-electron chi connectivity index (χ4n) is 2.12. The van der Waals surface area contributed by atoms with Crippen molar-refractivity contribution in [3.05, 3.63) is 42.1 Å². The zero-order valence-corrected chi connectivity index (χ0v) is 12.6. The van der Waals surface area contributed by atoms with Crippen LogP contribution in [0.2, 0.25) is 0 Å². The summed E-state index contributed by atoms with van der Waals surface area (Å²) in [7, 11) is 0. The van der Waals surface area contributed by atoms with Crippen LogP contribution in [0.25, 0.3) is 5.82 Å². The summed E-state index contributed by atoms with van der Waals surface area (Å²) in [5.74, 6) is 2.69. The van der Waals surface area contributed by atoms with Crippen molar-refractivity contribution < 1.29 is 0 Å². The molecule has 0 aromatic carbocycles. The van der Waals surface area contributed by atoms with Crippen molar-refractivity contribution in [1.82, 2.24) is 19.9 Å². The number of aromatic nitrogens is 3. The van der Waals surface area contributed by atoms with Gasteiger partial charge in [0.2, 0.25) is 0 Å². The zero-order chi connectivity index (χ0) is 14.4. The summed E-state index contributed by atoms with van der Waals surface area (Å²) in [6.07, 6.45) is 7.83. The molecule has 0 bridgehead atoms. The molecule has 0 radical (unpaired) electrons. The lowest BCUT2D eigenvalue weighted by molar-refractivity contribution is 0.552. The Kier molecular flexibility index (Phi) is 5.30.